The van der Waals surface area contributed by atoms with Crippen LogP contribution in [0.2, 0.25) is 0 Å². The fourth-order valence-electron chi connectivity index (χ4n) is 1.90. The number of nitrogens with one attached hydrogen (secondary N) is 1. The zero-order valence-electron chi connectivity index (χ0n) is 10.3. The summed E-state index contributed by atoms with van der Waals surface area (Å²) in [6.07, 6.45) is 0. The van der Waals surface area contributed by atoms with Gasteiger partial charge in [0.2, 0.25) is 5.95 Å². The predicted octanol–water partition coefficient (Wildman–Crippen LogP) is 3.27. The Hall–Kier alpha value is -1.88. The van der Waals surface area contributed by atoms with Gasteiger partial charge in [0.1, 0.15) is 0 Å². The first kappa shape index (κ1) is 11.2. The first-order valence-corrected chi connectivity index (χ1v) is 6.79. The maximum absolute atomic E-state index is 4.47. The highest BCUT2D eigenvalue weighted by molar-refractivity contribution is 7.07. The summed E-state index contributed by atoms with van der Waals surface area (Å²) in [5.74, 6) is 0.669. The number of rotatable bonds is 3. The van der Waals surface area contributed by atoms with Gasteiger partial charge in [-0.1, -0.05) is 6.07 Å². The van der Waals surface area contributed by atoms with Crippen LogP contribution < -0.4 is 5.32 Å². The van der Waals surface area contributed by atoms with Crippen molar-refractivity contribution in [2.24, 2.45) is 0 Å². The maximum Gasteiger partial charge on any atom is 0.243 e. The molecule has 3 rings (SSSR count). The van der Waals surface area contributed by atoms with Crippen LogP contribution in [0.5, 0.6) is 0 Å². The third kappa shape index (κ3) is 1.97. The van der Waals surface area contributed by atoms with Gasteiger partial charge < -0.3 is 5.32 Å². The fraction of sp³-hybridized carbons (Fsp3) is 0.231. The molecule has 5 heteroatoms. The second-order valence-corrected chi connectivity index (χ2v) is 5.08. The molecule has 92 valence electrons. The van der Waals surface area contributed by atoms with E-state index in [1.54, 1.807) is 11.3 Å². The Kier molecular flexibility index (Phi) is 2.76. The number of aryl methyl sites for hydroxylation is 1. The lowest BCUT2D eigenvalue weighted by Gasteiger charge is -2.09. The highest BCUT2D eigenvalue weighted by Gasteiger charge is 2.10. The van der Waals surface area contributed by atoms with Crippen LogP contribution in [0.3, 0.4) is 0 Å². The molecule has 3 aromatic heterocycles. The van der Waals surface area contributed by atoms with Gasteiger partial charge in [-0.15, -0.1) is 5.10 Å². The van der Waals surface area contributed by atoms with Gasteiger partial charge in [-0.25, -0.2) is 4.52 Å². The highest BCUT2D eigenvalue weighted by Crippen LogP contribution is 2.19. The van der Waals surface area contributed by atoms with E-state index in [4.69, 9.17) is 0 Å². The van der Waals surface area contributed by atoms with Gasteiger partial charge in [0, 0.05) is 5.69 Å². The van der Waals surface area contributed by atoms with Crippen molar-refractivity contribution < 1.29 is 0 Å². The zero-order valence-corrected chi connectivity index (χ0v) is 11.1. The first-order valence-electron chi connectivity index (χ1n) is 5.85. The summed E-state index contributed by atoms with van der Waals surface area (Å²) in [6.45, 7) is 4.13. The smallest absolute Gasteiger partial charge is 0.243 e. The van der Waals surface area contributed by atoms with Crippen molar-refractivity contribution in [2.45, 2.75) is 19.9 Å². The monoisotopic (exact) mass is 258 g/mol. The minimum atomic E-state index is 0.217. The maximum atomic E-state index is 4.47. The molecule has 0 aliphatic carbocycles. The van der Waals surface area contributed by atoms with Crippen molar-refractivity contribution in [3.05, 3.63) is 46.3 Å². The van der Waals surface area contributed by atoms with Gasteiger partial charge in [-0.3, -0.25) is 0 Å². The van der Waals surface area contributed by atoms with E-state index in [0.29, 0.717) is 5.95 Å². The zero-order chi connectivity index (χ0) is 12.5. The van der Waals surface area contributed by atoms with Crippen molar-refractivity contribution in [3.8, 4) is 0 Å². The summed E-state index contributed by atoms with van der Waals surface area (Å²) in [5, 5.41) is 12.0. The van der Waals surface area contributed by atoms with Crippen LogP contribution in [0, 0.1) is 6.92 Å². The molecular weight excluding hydrogens is 244 g/mol. The van der Waals surface area contributed by atoms with Gasteiger partial charge >= 0.3 is 0 Å². The molecule has 0 aliphatic rings. The van der Waals surface area contributed by atoms with Crippen molar-refractivity contribution in [1.82, 2.24) is 14.6 Å². The van der Waals surface area contributed by atoms with Crippen LogP contribution in [0.25, 0.3) is 5.65 Å². The molecule has 4 nitrogen and oxygen atoms in total. The molecule has 18 heavy (non-hydrogen) atoms. The SMILES string of the molecule is Cc1cccc2nc(NC(C)c3ccsc3)nn12. The van der Waals surface area contributed by atoms with E-state index in [0.717, 1.165) is 11.3 Å². The molecule has 1 N–H and O–H groups in total. The molecule has 3 heterocycles. The molecule has 0 fully saturated rings. The molecule has 0 saturated carbocycles. The second-order valence-electron chi connectivity index (χ2n) is 4.30. The van der Waals surface area contributed by atoms with Crippen molar-refractivity contribution in [3.63, 3.8) is 0 Å². The third-order valence-corrected chi connectivity index (χ3v) is 3.64. The molecule has 0 radical (unpaired) electrons. The Morgan fingerprint density at radius 2 is 2.22 bits per heavy atom. The minimum absolute atomic E-state index is 0.217. The number of aromatic nitrogens is 3. The van der Waals surface area contributed by atoms with Gasteiger partial charge in [0.25, 0.3) is 0 Å². The van der Waals surface area contributed by atoms with Gasteiger partial charge in [0.05, 0.1) is 6.04 Å². The van der Waals surface area contributed by atoms with E-state index in [9.17, 15) is 0 Å². The van der Waals surface area contributed by atoms with Crippen LogP contribution in [-0.4, -0.2) is 14.6 Å². The summed E-state index contributed by atoms with van der Waals surface area (Å²) < 4.78 is 1.85. The number of pyridine rings is 1. The second kappa shape index (κ2) is 4.42. The molecular formula is C13H14N4S. The number of fused-ring (bicyclic) bond motifs is 1. The molecule has 0 aliphatic heterocycles. The van der Waals surface area contributed by atoms with Crippen LogP contribution in [0.1, 0.15) is 24.2 Å². The Balaban J connectivity index is 1.89. The Morgan fingerprint density at radius 1 is 1.33 bits per heavy atom. The fourth-order valence-corrected chi connectivity index (χ4v) is 2.65. The summed E-state index contributed by atoms with van der Waals surface area (Å²) in [5.41, 5.74) is 3.21. The van der Waals surface area contributed by atoms with Crippen LogP contribution in [0.4, 0.5) is 5.95 Å². The van der Waals surface area contributed by atoms with E-state index < -0.39 is 0 Å². The molecule has 0 spiro atoms. The topological polar surface area (TPSA) is 42.2 Å². The van der Waals surface area contributed by atoms with E-state index in [2.05, 4.69) is 39.1 Å². The summed E-state index contributed by atoms with van der Waals surface area (Å²) in [4.78, 5) is 4.47. The Bertz CT molecular complexity index is 657. The van der Waals surface area contributed by atoms with E-state index in [-0.39, 0.29) is 6.04 Å². The average molecular weight is 258 g/mol. The van der Waals surface area contributed by atoms with Gasteiger partial charge in [-0.2, -0.15) is 16.3 Å². The number of nitrogens with zero attached hydrogens (tertiary/aromatic N) is 3. The molecule has 0 saturated heterocycles. The molecule has 1 unspecified atom stereocenters. The van der Waals surface area contributed by atoms with E-state index in [1.165, 1.54) is 5.56 Å². The summed E-state index contributed by atoms with van der Waals surface area (Å²) >= 11 is 1.70. The van der Waals surface area contributed by atoms with Crippen LogP contribution in [-0.2, 0) is 0 Å². The van der Waals surface area contributed by atoms with Crippen LogP contribution in [0.15, 0.2) is 35.0 Å². The number of hydrogen-bond donors (Lipinski definition) is 1. The van der Waals surface area contributed by atoms with E-state index in [1.807, 2.05) is 29.6 Å². The largest absolute Gasteiger partial charge is 0.346 e. The van der Waals surface area contributed by atoms with Crippen molar-refractivity contribution in [2.75, 3.05) is 5.32 Å². The Labute approximate surface area is 109 Å². The summed E-state index contributed by atoms with van der Waals surface area (Å²) in [6, 6.07) is 8.30. The first-order chi connectivity index (χ1) is 8.74. The lowest BCUT2D eigenvalue weighted by Crippen LogP contribution is -2.07. The van der Waals surface area contributed by atoms with Crippen LogP contribution >= 0.6 is 11.3 Å². The van der Waals surface area contributed by atoms with Crippen molar-refractivity contribution in [1.29, 1.82) is 0 Å². The normalized spacial score (nSPS) is 12.8. The lowest BCUT2D eigenvalue weighted by atomic mass is 10.2. The number of hydrogen-bond acceptors (Lipinski definition) is 4. The standard InChI is InChI=1S/C13H14N4S/c1-9-4-3-5-12-15-13(16-17(9)12)14-10(2)11-6-7-18-8-11/h3-8,10H,1-2H3,(H,14,16). The quantitative estimate of drug-likeness (QED) is 0.784. The molecule has 0 amide bonds. The lowest BCUT2D eigenvalue weighted by molar-refractivity contribution is 0.849. The highest BCUT2D eigenvalue weighted by atomic mass is 32.1. The van der Waals surface area contributed by atoms with Gasteiger partial charge in [-0.05, 0) is 48.4 Å². The molecule has 3 aromatic rings. The van der Waals surface area contributed by atoms with Crippen molar-refractivity contribution >= 4 is 22.9 Å². The average Bonchev–Trinajstić information content (AvgIpc) is 2.97. The molecule has 0 aromatic carbocycles. The van der Waals surface area contributed by atoms with E-state index >= 15 is 0 Å². The predicted molar refractivity (Wildman–Crippen MR) is 74.1 cm³/mol. The number of thiophene rings is 1. The van der Waals surface area contributed by atoms with Gasteiger partial charge in [0.15, 0.2) is 5.65 Å². The molecule has 0 bridgehead atoms. The third-order valence-electron chi connectivity index (χ3n) is 2.94. The Morgan fingerprint density at radius 3 is 2.94 bits per heavy atom. The molecule has 1 atom stereocenters. The minimum Gasteiger partial charge on any atom is -0.346 e. The summed E-state index contributed by atoms with van der Waals surface area (Å²) in [7, 11) is 0. The number of anilines is 1.